The van der Waals surface area contributed by atoms with Crippen molar-refractivity contribution in [3.8, 4) is 0 Å². The lowest BCUT2D eigenvalue weighted by atomic mass is 9.55. The monoisotopic (exact) mass is 1460 g/mol. The molecule has 98 heavy (non-hydrogen) atoms. The molecule has 0 amide bonds. The fraction of sp³-hybridized carbons (Fsp3) is 0.684. The van der Waals surface area contributed by atoms with Gasteiger partial charge in [0.05, 0.1) is 50.5 Å². The zero-order chi connectivity index (χ0) is 77.9. The first-order chi connectivity index (χ1) is 43.5. The van der Waals surface area contributed by atoms with E-state index < -0.39 is 118 Å². The summed E-state index contributed by atoms with van der Waals surface area (Å²) in [6.07, 6.45) is 0. The molecule has 0 radical (unpaired) electrons. The number of hydrogen-bond acceptors (Lipinski definition) is 18. The Morgan fingerprint density at radius 1 is 0.245 bits per heavy atom. The van der Waals surface area contributed by atoms with Crippen LogP contribution in [0.5, 0.6) is 0 Å². The first-order valence-electron chi connectivity index (χ1n) is 33.4. The number of aryl methyl sites for hydroxylation is 2. The minimum atomic E-state index is -2.61. The maximum atomic E-state index is 14.1. The summed E-state index contributed by atoms with van der Waals surface area (Å²) in [5, 5.41) is 94.9. The standard InChI is InChI=1S/C41H68O4.C35H56O4.2H4O5P2/c1-34(2,3)26-19-28(36(7,8)9)32(29(20-26)37(10,11)12)41(45,40(23-42,24-43)25-44)33-30(38(13,14)15)21-27(35(4,5)6)22-31(33)39(16,17)18;1-22-15-24(30(3,4)5)28(25(16-22)31(6,7)8)35(39,34(19-36,20-37)21-38)29-26(32(9,10)11)17-23(2)18-27(29)33(12,13)14;2*1-6(2)5-7(3)4/h19-22,42-45H,23-25H2,1-18H3;15-18,36-39H,19-21H2,1-14H3;2*1-4H. The summed E-state index contributed by atoms with van der Waals surface area (Å²) in [6, 6.07) is 17.3. The van der Waals surface area contributed by atoms with Gasteiger partial charge in [-0.15, -0.1) is 0 Å². The molecule has 16 N–H and O–H groups in total. The highest BCUT2D eigenvalue weighted by molar-refractivity contribution is 7.53. The van der Waals surface area contributed by atoms with Gasteiger partial charge >= 0.3 is 34.4 Å². The predicted molar refractivity (Wildman–Crippen MR) is 403 cm³/mol. The lowest BCUT2D eigenvalue weighted by Crippen LogP contribution is -2.57. The first-order valence-corrected chi connectivity index (χ1v) is 38.1. The van der Waals surface area contributed by atoms with Gasteiger partial charge in [-0.05, 0) is 146 Å². The van der Waals surface area contributed by atoms with Gasteiger partial charge in [-0.2, -0.15) is 0 Å². The molecule has 0 atom stereocenters. The molecule has 0 aliphatic rings. The van der Waals surface area contributed by atoms with Crippen molar-refractivity contribution < 1.29 is 88.6 Å². The maximum Gasteiger partial charge on any atom is 0.334 e. The zero-order valence-corrected chi connectivity index (χ0v) is 69.2. The summed E-state index contributed by atoms with van der Waals surface area (Å²) < 4.78 is 7.20. The third-order valence-electron chi connectivity index (χ3n) is 18.1. The molecule has 0 aliphatic heterocycles. The minimum absolute atomic E-state index is 0.167. The molecule has 0 bridgehead atoms. The van der Waals surface area contributed by atoms with Crippen LogP contribution < -0.4 is 0 Å². The van der Waals surface area contributed by atoms with Gasteiger partial charge in [0.15, 0.2) is 0 Å². The number of benzene rings is 4. The van der Waals surface area contributed by atoms with E-state index in [9.17, 15) is 40.9 Å². The largest absolute Gasteiger partial charge is 0.395 e. The zero-order valence-electron chi connectivity index (χ0n) is 65.6. The van der Waals surface area contributed by atoms with E-state index in [-0.39, 0.29) is 32.5 Å². The van der Waals surface area contributed by atoms with E-state index in [0.29, 0.717) is 22.3 Å². The molecule has 4 aromatic carbocycles. The lowest BCUT2D eigenvalue weighted by molar-refractivity contribution is -0.139. The Morgan fingerprint density at radius 3 is 0.469 bits per heavy atom. The van der Waals surface area contributed by atoms with E-state index in [1.165, 1.54) is 0 Å². The number of aliphatic hydroxyl groups is 8. The van der Waals surface area contributed by atoms with Gasteiger partial charge in [0.2, 0.25) is 0 Å². The van der Waals surface area contributed by atoms with Crippen LogP contribution in [0.4, 0.5) is 0 Å². The Kier molecular flexibility index (Phi) is 32.1. The molecular weight excluding hydrogens is 1320 g/mol. The molecule has 0 aromatic heterocycles. The minimum Gasteiger partial charge on any atom is -0.395 e. The van der Waals surface area contributed by atoms with E-state index in [1.54, 1.807) is 0 Å². The van der Waals surface area contributed by atoms with Gasteiger partial charge in [0.25, 0.3) is 0 Å². The van der Waals surface area contributed by atoms with Gasteiger partial charge in [-0.1, -0.05) is 267 Å². The van der Waals surface area contributed by atoms with Crippen LogP contribution in [0.15, 0.2) is 48.5 Å². The molecule has 0 heterocycles. The number of rotatable bonds is 16. The van der Waals surface area contributed by atoms with Gasteiger partial charge in [-0.3, -0.25) is 0 Å². The summed E-state index contributed by atoms with van der Waals surface area (Å²) in [5.41, 5.74) is 3.87. The van der Waals surface area contributed by atoms with Crippen molar-refractivity contribution in [3.63, 3.8) is 0 Å². The van der Waals surface area contributed by atoms with Crippen molar-refractivity contribution in [1.29, 1.82) is 0 Å². The molecule has 0 aliphatic carbocycles. The second-order valence-corrected chi connectivity index (χ2v) is 40.3. The topological polar surface area (TPSA) is 342 Å². The maximum absolute atomic E-state index is 14.1. The van der Waals surface area contributed by atoms with E-state index in [2.05, 4.69) is 279 Å². The molecule has 0 saturated heterocycles. The lowest BCUT2D eigenvalue weighted by Gasteiger charge is -2.52. The van der Waals surface area contributed by atoms with Crippen LogP contribution >= 0.6 is 34.4 Å². The van der Waals surface area contributed by atoms with Crippen molar-refractivity contribution >= 4 is 34.4 Å². The van der Waals surface area contributed by atoms with Crippen molar-refractivity contribution in [3.05, 3.63) is 138 Å². The Morgan fingerprint density at radius 2 is 0.378 bits per heavy atom. The van der Waals surface area contributed by atoms with Crippen molar-refractivity contribution in [1.82, 2.24) is 0 Å². The highest BCUT2D eigenvalue weighted by atomic mass is 31.2. The van der Waals surface area contributed by atoms with Crippen LogP contribution in [0, 0.1) is 24.7 Å². The Hall–Kier alpha value is -2.12. The summed E-state index contributed by atoms with van der Waals surface area (Å²) in [7, 11) is -10.4. The molecule has 0 saturated carbocycles. The molecule has 22 heteroatoms. The summed E-state index contributed by atoms with van der Waals surface area (Å²) in [5.74, 6) is 0. The number of aliphatic hydroxyl groups excluding tert-OH is 6. The normalized spacial score (nSPS) is 14.0. The second kappa shape index (κ2) is 33.5. The summed E-state index contributed by atoms with van der Waals surface area (Å²) in [6.45, 7) is 65.1. The Balaban J connectivity index is 0.000000822. The third kappa shape index (κ3) is 22.5. The Labute approximate surface area is 595 Å². The highest BCUT2D eigenvalue weighted by Gasteiger charge is 2.60. The quantitative estimate of drug-likeness (QED) is 0.0463. The smallest absolute Gasteiger partial charge is 0.334 e. The molecule has 0 spiro atoms. The molecule has 564 valence electrons. The summed E-state index contributed by atoms with van der Waals surface area (Å²) in [4.78, 5) is 62.5. The molecule has 0 fully saturated rings. The van der Waals surface area contributed by atoms with Crippen molar-refractivity contribution in [2.24, 2.45) is 10.8 Å². The van der Waals surface area contributed by atoms with Gasteiger partial charge in [0.1, 0.15) is 11.2 Å². The van der Waals surface area contributed by atoms with E-state index in [1.807, 2.05) is 0 Å². The fourth-order valence-corrected chi connectivity index (χ4v) is 13.5. The van der Waals surface area contributed by atoms with Crippen LogP contribution in [-0.4, -0.2) is 120 Å². The molecule has 4 rings (SSSR count). The molecule has 0 unspecified atom stereocenters. The van der Waals surface area contributed by atoms with Crippen LogP contribution in [0.3, 0.4) is 0 Å². The van der Waals surface area contributed by atoms with Crippen LogP contribution in [0.2, 0.25) is 0 Å². The predicted octanol–water partition coefficient (Wildman–Crippen LogP) is 14.2. The number of hydrogen-bond donors (Lipinski definition) is 16. The highest BCUT2D eigenvalue weighted by Crippen LogP contribution is 2.59. The van der Waals surface area contributed by atoms with E-state index in [4.69, 9.17) is 39.1 Å². The van der Waals surface area contributed by atoms with Crippen LogP contribution in [0.25, 0.3) is 0 Å². The third-order valence-corrected chi connectivity index (χ3v) is 20.5. The van der Waals surface area contributed by atoms with Crippen LogP contribution in [0.1, 0.15) is 297 Å². The van der Waals surface area contributed by atoms with Crippen molar-refractivity contribution in [2.75, 3.05) is 39.6 Å². The molecule has 18 nitrogen and oxygen atoms in total. The fourth-order valence-electron chi connectivity index (χ4n) is 12.4. The summed E-state index contributed by atoms with van der Waals surface area (Å²) >= 11 is 0. The molecule has 4 aromatic rings. The average Bonchev–Trinajstić information content (AvgIpc) is 0.700. The van der Waals surface area contributed by atoms with Gasteiger partial charge in [-0.25, -0.2) is 8.62 Å². The molecular formula is C76H132O18P4. The van der Waals surface area contributed by atoms with Gasteiger partial charge in [0, 0.05) is 0 Å². The SMILES string of the molecule is CC(C)(C)c1cc(C(C)(C)C)c(C(O)(c2c(C(C)(C)C)cc(C(C)(C)C)cc2C(C)(C)C)C(CO)(CO)CO)c(C(C)(C)C)c1.Cc1cc(C(C)(C)C)c(C(O)(c2c(C(C)(C)C)cc(C)cc2C(C)(C)C)C(CO)(CO)CO)c(C(C)(C)C)c1.OP(O)OP(O)O.OP(O)OP(O)O. The Bertz CT molecular complexity index is 2870. The van der Waals surface area contributed by atoms with E-state index in [0.717, 1.165) is 66.8 Å². The second-order valence-electron chi connectivity index (χ2n) is 37.0. The van der Waals surface area contributed by atoms with E-state index >= 15 is 0 Å². The van der Waals surface area contributed by atoms with Gasteiger partial charge < -0.3 is 80.0 Å². The average molecular weight is 1460 g/mol. The van der Waals surface area contributed by atoms with Crippen LogP contribution in [-0.2, 0) is 74.0 Å². The first kappa shape index (κ1) is 93.9. The van der Waals surface area contributed by atoms with Crippen molar-refractivity contribution in [2.45, 2.75) is 287 Å².